The highest BCUT2D eigenvalue weighted by Crippen LogP contribution is 2.76. The predicted octanol–water partition coefficient (Wildman–Crippen LogP) is -3.10. The van der Waals surface area contributed by atoms with Gasteiger partial charge in [-0.3, -0.25) is 0 Å². The minimum absolute atomic E-state index is 0.0238. The van der Waals surface area contributed by atoms with Crippen LogP contribution in [0.3, 0.4) is 0 Å². The third kappa shape index (κ3) is 12.0. The Morgan fingerprint density at radius 3 is 1.76 bits per heavy atom. The zero-order valence-corrected chi connectivity index (χ0v) is 49.5. The first kappa shape index (κ1) is 67.1. The fourth-order valence-corrected chi connectivity index (χ4v) is 17.2. The van der Waals surface area contributed by atoms with Crippen LogP contribution in [0.2, 0.25) is 0 Å². The molecular weight excluding hydrogens is 1110 g/mol. The third-order valence-electron chi connectivity index (χ3n) is 22.2. The van der Waals surface area contributed by atoms with Crippen LogP contribution in [0.1, 0.15) is 113 Å². The van der Waals surface area contributed by atoms with E-state index in [1.54, 1.807) is 0 Å². The molecule has 5 saturated heterocycles. The number of allylic oxidation sites excluding steroid dienone is 2. The molecule has 0 aromatic carbocycles. The summed E-state index contributed by atoms with van der Waals surface area (Å²) in [6.07, 6.45) is -29.8. The highest BCUT2D eigenvalue weighted by molar-refractivity contribution is 5.21. The van der Waals surface area contributed by atoms with Gasteiger partial charge in [-0.2, -0.15) is 0 Å². The van der Waals surface area contributed by atoms with E-state index in [9.17, 15) is 81.7 Å². The molecule has 0 aromatic heterocycles. The van der Waals surface area contributed by atoms with Crippen LogP contribution in [-0.2, 0) is 47.4 Å². The van der Waals surface area contributed by atoms with Crippen molar-refractivity contribution in [2.75, 3.05) is 33.0 Å². The standard InChI is InChI=1S/C58H98O26/c1-24(2)10-9-14-58(8,84-52-47(74)42(69)39(66)30(81-52)22-76-49-45(72)40(67)31(23-77-49)80-50-44(71)36(63)27(62)21-75-50)25-11-16-57(7)35(25)26(61)18-33-55(5)15-13-34(54(3,4)32(55)12-17-56(33,57)6)82-53-48(43(70)38(65)29(20-60)79-53)83-51-46(73)41(68)37(64)28(19-59)78-51/h10,25-53,59-74H,9,11-23H2,1-8H3/t25-,26+,27+,28+,29+,30+,31-,32-,33+,34-,35-,36-,37+,38+,39+,40-,41-,42-,43-,44+,45+,46+,47+,48+,49+,50-,51-,52-,53-,55-,56+,57+,58?/m0/s1. The van der Waals surface area contributed by atoms with Gasteiger partial charge < -0.3 is 129 Å². The van der Waals surface area contributed by atoms with Crippen LogP contribution < -0.4 is 0 Å². The number of aliphatic hydroxyl groups excluding tert-OH is 16. The maximum absolute atomic E-state index is 12.9. The van der Waals surface area contributed by atoms with Crippen molar-refractivity contribution >= 4 is 0 Å². The summed E-state index contributed by atoms with van der Waals surface area (Å²) in [4.78, 5) is 0. The largest absolute Gasteiger partial charge is 0.394 e. The van der Waals surface area contributed by atoms with Crippen LogP contribution >= 0.6 is 0 Å². The van der Waals surface area contributed by atoms with Crippen LogP contribution in [0.4, 0.5) is 0 Å². The lowest BCUT2D eigenvalue weighted by molar-refractivity contribution is -0.378. The number of aliphatic hydroxyl groups is 16. The molecule has 486 valence electrons. The summed E-state index contributed by atoms with van der Waals surface area (Å²) in [5.74, 6) is -0.533. The highest BCUT2D eigenvalue weighted by Gasteiger charge is 2.72. The van der Waals surface area contributed by atoms with Crippen molar-refractivity contribution in [2.24, 2.45) is 45.3 Å². The molecular formula is C58H98O26. The fraction of sp³-hybridized carbons (Fsp3) is 0.966. The minimum atomic E-state index is -1.82. The Balaban J connectivity index is 0.895. The number of hydrogen-bond donors (Lipinski definition) is 16. The highest BCUT2D eigenvalue weighted by atomic mass is 16.8. The lowest BCUT2D eigenvalue weighted by Gasteiger charge is -2.71. The van der Waals surface area contributed by atoms with Crippen LogP contribution in [0.25, 0.3) is 0 Å². The van der Waals surface area contributed by atoms with Crippen LogP contribution in [-0.4, -0.2) is 274 Å². The quantitative estimate of drug-likeness (QED) is 0.0507. The molecule has 84 heavy (non-hydrogen) atoms. The molecule has 0 amide bonds. The maximum atomic E-state index is 12.9. The first-order chi connectivity index (χ1) is 39.4. The molecule has 26 heteroatoms. The molecule has 0 radical (unpaired) electrons. The van der Waals surface area contributed by atoms with Crippen molar-refractivity contribution in [1.82, 2.24) is 0 Å². The van der Waals surface area contributed by atoms with Gasteiger partial charge in [0.15, 0.2) is 31.5 Å². The second-order valence-electron chi connectivity index (χ2n) is 27.7. The molecule has 5 heterocycles. The second kappa shape index (κ2) is 25.8. The summed E-state index contributed by atoms with van der Waals surface area (Å²) in [7, 11) is 0. The van der Waals surface area contributed by atoms with Gasteiger partial charge in [0.1, 0.15) is 110 Å². The van der Waals surface area contributed by atoms with Crippen molar-refractivity contribution in [3.05, 3.63) is 11.6 Å². The van der Waals surface area contributed by atoms with Crippen molar-refractivity contribution in [3.8, 4) is 0 Å². The smallest absolute Gasteiger partial charge is 0.187 e. The predicted molar refractivity (Wildman–Crippen MR) is 287 cm³/mol. The summed E-state index contributed by atoms with van der Waals surface area (Å²) in [5, 5.41) is 174. The van der Waals surface area contributed by atoms with E-state index in [4.69, 9.17) is 47.4 Å². The van der Waals surface area contributed by atoms with Crippen LogP contribution in [0, 0.1) is 45.3 Å². The number of ether oxygens (including phenoxy) is 10. The SMILES string of the molecule is CC(C)=CCCC(C)(O[C@@H]1O[C@H](CO[C@@H]2OC[C@H](O[C@@H]3OC[C@@H](O)[C@H](O)[C@H]3O)[C@H](O)[C@H]2O)[C@@H](O)[C@H](O)[C@H]1O)[C@H]1CC[C@]2(C)[C@@H]1[C@H](O)C[C@@H]1[C@@]3(C)CC[C@H](O[C@@H]4O[C@H](CO)[C@@H](O)[C@H](O)[C@H]4O[C@@H]4O[C@H](CO)[C@@H](O)[C@H](O)[C@H]4O)C(C)(C)[C@@H]3CC[C@]12C. The minimum Gasteiger partial charge on any atom is -0.394 e. The molecule has 0 aromatic rings. The Labute approximate surface area is 490 Å². The van der Waals surface area contributed by atoms with Gasteiger partial charge in [0, 0.05) is 0 Å². The Morgan fingerprint density at radius 1 is 0.536 bits per heavy atom. The zero-order chi connectivity index (χ0) is 61.5. The Hall–Kier alpha value is -1.30. The fourth-order valence-electron chi connectivity index (χ4n) is 17.2. The van der Waals surface area contributed by atoms with Gasteiger partial charge in [0.2, 0.25) is 0 Å². The van der Waals surface area contributed by atoms with E-state index in [-0.39, 0.29) is 47.7 Å². The molecule has 1 unspecified atom stereocenters. The first-order valence-electron chi connectivity index (χ1n) is 30.2. The summed E-state index contributed by atoms with van der Waals surface area (Å²) >= 11 is 0. The molecule has 0 spiro atoms. The average molecular weight is 1210 g/mol. The lowest BCUT2D eigenvalue weighted by atomic mass is 9.35. The van der Waals surface area contributed by atoms with Gasteiger partial charge in [0.25, 0.3) is 0 Å². The molecule has 33 atom stereocenters. The summed E-state index contributed by atoms with van der Waals surface area (Å²) in [6, 6.07) is 0. The summed E-state index contributed by atoms with van der Waals surface area (Å²) in [5.41, 5.74) is -1.68. The van der Waals surface area contributed by atoms with Gasteiger partial charge >= 0.3 is 0 Å². The Bertz CT molecular complexity index is 2210. The molecule has 9 aliphatic rings. The molecule has 5 aliphatic heterocycles. The second-order valence-corrected chi connectivity index (χ2v) is 27.7. The van der Waals surface area contributed by atoms with Crippen LogP contribution in [0.15, 0.2) is 11.6 Å². The maximum Gasteiger partial charge on any atom is 0.187 e. The van der Waals surface area contributed by atoms with Gasteiger partial charge in [-0.05, 0) is 124 Å². The molecule has 4 aliphatic carbocycles. The summed E-state index contributed by atoms with van der Waals surface area (Å²) in [6.45, 7) is 14.5. The van der Waals surface area contributed by atoms with E-state index >= 15 is 0 Å². The normalized spacial score (nSPS) is 53.0. The van der Waals surface area contributed by atoms with E-state index < -0.39 is 190 Å². The first-order valence-corrected chi connectivity index (χ1v) is 30.2. The van der Waals surface area contributed by atoms with E-state index in [2.05, 4.69) is 40.7 Å². The van der Waals surface area contributed by atoms with E-state index in [0.717, 1.165) is 24.8 Å². The van der Waals surface area contributed by atoms with E-state index in [1.165, 1.54) is 0 Å². The molecule has 26 nitrogen and oxygen atoms in total. The Kier molecular flexibility index (Phi) is 20.6. The molecule has 4 saturated carbocycles. The van der Waals surface area contributed by atoms with E-state index in [1.807, 2.05) is 20.8 Å². The molecule has 0 bridgehead atoms. The van der Waals surface area contributed by atoms with Crippen LogP contribution in [0.5, 0.6) is 0 Å². The number of rotatable bonds is 17. The summed E-state index contributed by atoms with van der Waals surface area (Å²) < 4.78 is 60.3. The molecule has 9 fully saturated rings. The third-order valence-corrected chi connectivity index (χ3v) is 22.2. The molecule has 16 N–H and O–H groups in total. The lowest BCUT2D eigenvalue weighted by Crippen LogP contribution is -2.68. The van der Waals surface area contributed by atoms with Crippen molar-refractivity contribution in [1.29, 1.82) is 0 Å². The van der Waals surface area contributed by atoms with E-state index in [0.29, 0.717) is 38.5 Å². The number of hydrogen-bond acceptors (Lipinski definition) is 26. The average Bonchev–Trinajstić information content (AvgIpc) is 1.25. The van der Waals surface area contributed by atoms with Gasteiger partial charge in [-0.1, -0.05) is 46.3 Å². The van der Waals surface area contributed by atoms with Gasteiger partial charge in [-0.25, -0.2) is 0 Å². The topological polar surface area (TPSA) is 416 Å². The van der Waals surface area contributed by atoms with Crippen molar-refractivity contribution in [2.45, 2.75) is 272 Å². The Morgan fingerprint density at radius 2 is 1.11 bits per heavy atom. The van der Waals surface area contributed by atoms with Gasteiger partial charge in [0.05, 0.1) is 50.8 Å². The molecule has 9 rings (SSSR count). The monoisotopic (exact) mass is 1210 g/mol. The number of fused-ring (bicyclic) bond motifs is 5. The van der Waals surface area contributed by atoms with Crippen molar-refractivity contribution < 1.29 is 129 Å². The zero-order valence-electron chi connectivity index (χ0n) is 49.5. The van der Waals surface area contributed by atoms with Gasteiger partial charge in [-0.15, -0.1) is 0 Å². The van der Waals surface area contributed by atoms with Crippen molar-refractivity contribution in [3.63, 3.8) is 0 Å².